The Morgan fingerprint density at radius 1 is 1.26 bits per heavy atom. The van der Waals surface area contributed by atoms with Gasteiger partial charge in [-0.1, -0.05) is 11.6 Å². The topological polar surface area (TPSA) is 109 Å². The molecule has 0 saturated heterocycles. The molecule has 1 aromatic carbocycles. The number of hydrogen-bond donors (Lipinski definition) is 3. The van der Waals surface area contributed by atoms with Crippen molar-refractivity contribution in [2.75, 3.05) is 5.32 Å². The Morgan fingerprint density at radius 2 is 1.95 bits per heavy atom. The molecule has 0 fully saturated rings. The van der Waals surface area contributed by atoms with Gasteiger partial charge in [0, 0.05) is 18.5 Å². The average Bonchev–Trinajstić information content (AvgIpc) is 2.27. The number of anilines is 1. The van der Waals surface area contributed by atoms with E-state index in [4.69, 9.17) is 22.4 Å². The number of halogens is 1. The zero-order valence-corrected chi connectivity index (χ0v) is 10.7. The minimum atomic E-state index is -0.943. The highest BCUT2D eigenvalue weighted by atomic mass is 35.5. The van der Waals surface area contributed by atoms with Crippen molar-refractivity contribution in [1.82, 2.24) is 0 Å². The third-order valence-corrected chi connectivity index (χ3v) is 2.63. The van der Waals surface area contributed by atoms with Gasteiger partial charge in [-0.25, -0.2) is 0 Å². The SMILES string of the molecule is NC(=O)c1ccc(NC(=O)CCCC(=O)O)cc1Cl. The maximum atomic E-state index is 11.5. The van der Waals surface area contributed by atoms with Crippen molar-refractivity contribution in [2.24, 2.45) is 5.73 Å². The summed E-state index contributed by atoms with van der Waals surface area (Å²) in [6.45, 7) is 0. The van der Waals surface area contributed by atoms with Gasteiger partial charge in [-0.3, -0.25) is 14.4 Å². The molecule has 0 bridgehead atoms. The quantitative estimate of drug-likeness (QED) is 0.737. The Bertz CT molecular complexity index is 516. The maximum Gasteiger partial charge on any atom is 0.303 e. The van der Waals surface area contributed by atoms with E-state index in [1.165, 1.54) is 18.2 Å². The van der Waals surface area contributed by atoms with Crippen LogP contribution in [0.3, 0.4) is 0 Å². The second kappa shape index (κ2) is 6.75. The van der Waals surface area contributed by atoms with Gasteiger partial charge < -0.3 is 16.2 Å². The van der Waals surface area contributed by atoms with E-state index in [1.807, 2.05) is 0 Å². The number of benzene rings is 1. The van der Waals surface area contributed by atoms with E-state index >= 15 is 0 Å². The van der Waals surface area contributed by atoms with Crippen molar-refractivity contribution in [2.45, 2.75) is 19.3 Å². The second-order valence-corrected chi connectivity index (χ2v) is 4.26. The minimum absolute atomic E-state index is 0.0607. The van der Waals surface area contributed by atoms with Crippen LogP contribution in [-0.4, -0.2) is 22.9 Å². The maximum absolute atomic E-state index is 11.5. The van der Waals surface area contributed by atoms with Crippen LogP contribution in [0.1, 0.15) is 29.6 Å². The summed E-state index contributed by atoms with van der Waals surface area (Å²) in [5.41, 5.74) is 5.69. The fourth-order valence-corrected chi connectivity index (χ4v) is 1.69. The first-order valence-electron chi connectivity index (χ1n) is 5.51. The fourth-order valence-electron chi connectivity index (χ4n) is 1.42. The van der Waals surface area contributed by atoms with Crippen LogP contribution in [0, 0.1) is 0 Å². The predicted molar refractivity (Wildman–Crippen MR) is 70.1 cm³/mol. The molecular formula is C12H13ClN2O4. The van der Waals surface area contributed by atoms with Gasteiger partial charge >= 0.3 is 5.97 Å². The number of carboxylic acid groups (broad SMARTS) is 1. The van der Waals surface area contributed by atoms with Crippen molar-refractivity contribution in [1.29, 1.82) is 0 Å². The molecule has 0 aliphatic heterocycles. The number of hydrogen-bond acceptors (Lipinski definition) is 3. The van der Waals surface area contributed by atoms with Gasteiger partial charge in [0.1, 0.15) is 0 Å². The summed E-state index contributed by atoms with van der Waals surface area (Å²) in [5, 5.41) is 11.1. The number of primary amides is 1. The summed E-state index contributed by atoms with van der Waals surface area (Å²) in [5.74, 6) is -1.91. The Labute approximate surface area is 114 Å². The van der Waals surface area contributed by atoms with Gasteiger partial charge in [-0.05, 0) is 24.6 Å². The average molecular weight is 285 g/mol. The third kappa shape index (κ3) is 4.97. The van der Waals surface area contributed by atoms with Gasteiger partial charge in [0.05, 0.1) is 10.6 Å². The lowest BCUT2D eigenvalue weighted by Gasteiger charge is -2.06. The summed E-state index contributed by atoms with van der Waals surface area (Å²) in [6.07, 6.45) is 0.296. The molecule has 0 unspecified atom stereocenters. The van der Waals surface area contributed by atoms with E-state index in [0.29, 0.717) is 5.69 Å². The van der Waals surface area contributed by atoms with Crippen molar-refractivity contribution in [3.8, 4) is 0 Å². The van der Waals surface area contributed by atoms with Crippen LogP contribution in [-0.2, 0) is 9.59 Å². The van der Waals surface area contributed by atoms with Crippen molar-refractivity contribution < 1.29 is 19.5 Å². The number of nitrogens with one attached hydrogen (secondary N) is 1. The zero-order valence-electron chi connectivity index (χ0n) is 9.98. The van der Waals surface area contributed by atoms with Gasteiger partial charge in [-0.15, -0.1) is 0 Å². The number of carbonyl (C=O) groups is 3. The van der Waals surface area contributed by atoms with Crippen LogP contribution < -0.4 is 11.1 Å². The summed E-state index contributed by atoms with van der Waals surface area (Å²) in [4.78, 5) is 32.7. The van der Waals surface area contributed by atoms with E-state index in [0.717, 1.165) is 0 Å². The molecular weight excluding hydrogens is 272 g/mol. The standard InChI is InChI=1S/C12H13ClN2O4/c13-9-6-7(4-5-8(9)12(14)19)15-10(16)2-1-3-11(17)18/h4-6H,1-3H2,(H2,14,19)(H,15,16)(H,17,18). The molecule has 102 valence electrons. The number of nitrogens with two attached hydrogens (primary N) is 1. The van der Waals surface area contributed by atoms with Crippen LogP contribution >= 0.6 is 11.6 Å². The number of rotatable bonds is 6. The molecule has 0 aromatic heterocycles. The van der Waals surface area contributed by atoms with E-state index in [1.54, 1.807) is 0 Å². The molecule has 0 saturated carbocycles. The summed E-state index contributed by atoms with van der Waals surface area (Å²) in [6, 6.07) is 4.33. The molecule has 19 heavy (non-hydrogen) atoms. The molecule has 0 heterocycles. The van der Waals surface area contributed by atoms with Gasteiger partial charge in [0.25, 0.3) is 0 Å². The Kier molecular flexibility index (Phi) is 5.32. The highest BCUT2D eigenvalue weighted by molar-refractivity contribution is 6.34. The molecule has 0 aliphatic carbocycles. The lowest BCUT2D eigenvalue weighted by atomic mass is 10.2. The van der Waals surface area contributed by atoms with Crippen LogP contribution in [0.4, 0.5) is 5.69 Å². The van der Waals surface area contributed by atoms with E-state index < -0.39 is 11.9 Å². The molecule has 7 heteroatoms. The first kappa shape index (κ1) is 15.0. The molecule has 0 spiro atoms. The largest absolute Gasteiger partial charge is 0.481 e. The van der Waals surface area contributed by atoms with E-state index in [-0.39, 0.29) is 35.8 Å². The number of amides is 2. The Hall–Kier alpha value is -2.08. The van der Waals surface area contributed by atoms with Gasteiger partial charge in [0.2, 0.25) is 11.8 Å². The molecule has 4 N–H and O–H groups in total. The number of aliphatic carboxylic acids is 1. The normalized spacial score (nSPS) is 9.95. The molecule has 1 aromatic rings. The molecule has 2 amide bonds. The van der Waals surface area contributed by atoms with Crippen LogP contribution in [0.15, 0.2) is 18.2 Å². The van der Waals surface area contributed by atoms with Gasteiger partial charge in [0.15, 0.2) is 0 Å². The smallest absolute Gasteiger partial charge is 0.303 e. The molecule has 0 atom stereocenters. The van der Waals surface area contributed by atoms with E-state index in [2.05, 4.69) is 5.32 Å². The molecule has 0 radical (unpaired) electrons. The molecule has 0 aliphatic rings. The second-order valence-electron chi connectivity index (χ2n) is 3.85. The molecule has 1 rings (SSSR count). The first-order chi connectivity index (χ1) is 8.90. The highest BCUT2D eigenvalue weighted by Gasteiger charge is 2.09. The fraction of sp³-hybridized carbons (Fsp3) is 0.250. The van der Waals surface area contributed by atoms with Crippen LogP contribution in [0.2, 0.25) is 5.02 Å². The summed E-state index contributed by atoms with van der Waals surface area (Å²) >= 11 is 5.82. The molecule has 6 nitrogen and oxygen atoms in total. The highest BCUT2D eigenvalue weighted by Crippen LogP contribution is 2.20. The summed E-state index contributed by atoms with van der Waals surface area (Å²) < 4.78 is 0. The first-order valence-corrected chi connectivity index (χ1v) is 5.89. The van der Waals surface area contributed by atoms with Crippen molar-refractivity contribution in [3.05, 3.63) is 28.8 Å². The predicted octanol–water partition coefficient (Wildman–Crippen LogP) is 1.63. The van der Waals surface area contributed by atoms with Crippen molar-refractivity contribution in [3.63, 3.8) is 0 Å². The van der Waals surface area contributed by atoms with E-state index in [9.17, 15) is 14.4 Å². The third-order valence-electron chi connectivity index (χ3n) is 2.31. The Balaban J connectivity index is 2.58. The van der Waals surface area contributed by atoms with Crippen LogP contribution in [0.5, 0.6) is 0 Å². The van der Waals surface area contributed by atoms with Gasteiger partial charge in [-0.2, -0.15) is 0 Å². The zero-order chi connectivity index (χ0) is 14.4. The monoisotopic (exact) mass is 284 g/mol. The Morgan fingerprint density at radius 3 is 2.47 bits per heavy atom. The van der Waals surface area contributed by atoms with Crippen molar-refractivity contribution >= 4 is 35.1 Å². The minimum Gasteiger partial charge on any atom is -0.481 e. The lowest BCUT2D eigenvalue weighted by molar-refractivity contribution is -0.137. The lowest BCUT2D eigenvalue weighted by Crippen LogP contribution is -2.14. The number of carboxylic acids is 1. The summed E-state index contributed by atoms with van der Waals surface area (Å²) in [7, 11) is 0. The van der Waals surface area contributed by atoms with Crippen LogP contribution in [0.25, 0.3) is 0 Å². The number of carbonyl (C=O) groups excluding carboxylic acids is 2.